The van der Waals surface area contributed by atoms with Crippen molar-refractivity contribution in [2.45, 2.75) is 27.7 Å². The predicted molar refractivity (Wildman–Crippen MR) is 195 cm³/mol. The van der Waals surface area contributed by atoms with Gasteiger partial charge in [0.05, 0.1) is 17.1 Å². The second-order valence-corrected chi connectivity index (χ2v) is 12.1. The number of rotatable bonds is 4. The topological polar surface area (TPSA) is 62.3 Å². The highest BCUT2D eigenvalue weighted by atomic mass is 16.1. The van der Waals surface area contributed by atoms with Crippen LogP contribution in [0.25, 0.3) is 10.8 Å². The molecule has 0 saturated heterocycles. The molecule has 1 aromatic heterocycles. The fraction of sp³-hybridized carbons (Fsp3) is 0.122. The van der Waals surface area contributed by atoms with Crippen LogP contribution in [-0.4, -0.2) is 16.1 Å². The van der Waals surface area contributed by atoms with Gasteiger partial charge in [-0.25, -0.2) is 15.0 Å². The van der Waals surface area contributed by atoms with E-state index in [1.54, 1.807) is 11.6 Å². The largest absolute Gasteiger partial charge is 0.294 e. The van der Waals surface area contributed by atoms with E-state index in [9.17, 15) is 4.79 Å². The Morgan fingerprint density at radius 1 is 0.511 bits per heavy atom. The average Bonchev–Trinajstić information content (AvgIpc) is 3.34. The third kappa shape index (κ3) is 5.70. The molecule has 6 aromatic rings. The molecule has 0 spiro atoms. The lowest BCUT2D eigenvalue weighted by molar-refractivity contribution is 0.815. The van der Waals surface area contributed by atoms with Crippen molar-refractivity contribution in [1.82, 2.24) is 4.57 Å². The van der Waals surface area contributed by atoms with Gasteiger partial charge in [-0.2, -0.15) is 0 Å². The molecule has 0 N–H and O–H groups in total. The van der Waals surface area contributed by atoms with E-state index in [0.717, 1.165) is 61.6 Å². The van der Waals surface area contributed by atoms with Crippen molar-refractivity contribution in [3.63, 3.8) is 0 Å². The van der Waals surface area contributed by atoms with E-state index in [4.69, 9.17) is 15.0 Å². The van der Waals surface area contributed by atoms with E-state index in [2.05, 4.69) is 74.2 Å². The molecule has 0 atom stereocenters. The van der Waals surface area contributed by atoms with Crippen LogP contribution in [-0.2, 0) is 7.05 Å². The molecule has 0 aliphatic carbocycles. The number of nitrogens with zero attached hydrogens (tertiary/aromatic N) is 5. The van der Waals surface area contributed by atoms with Gasteiger partial charge in [-0.15, -0.1) is 0 Å². The van der Waals surface area contributed by atoms with Crippen LogP contribution in [0.2, 0.25) is 0 Å². The summed E-state index contributed by atoms with van der Waals surface area (Å²) in [6.07, 6.45) is 0. The maximum atomic E-state index is 14.2. The van der Waals surface area contributed by atoms with Crippen molar-refractivity contribution in [3.05, 3.63) is 165 Å². The standard InChI is InChI=1S/C41H35N5O/c1-26-10-18-30(19-11-26)42-37-36-34-8-6-7-9-35(34)41(47)45(5)40(44-32-22-14-28(3)15-23-32)38(36)46(33-24-16-29(4)17-25-33)39(37)43-31-20-12-27(2)13-21-31/h6-25H,1-5H3. The molecule has 0 amide bonds. The highest BCUT2D eigenvalue weighted by Crippen LogP contribution is 2.39. The van der Waals surface area contributed by atoms with E-state index in [-0.39, 0.29) is 5.56 Å². The minimum absolute atomic E-state index is 0.142. The number of aliphatic imine (C=N–C) groups is 2. The van der Waals surface area contributed by atoms with Crippen molar-refractivity contribution in [3.8, 4) is 0 Å². The predicted octanol–water partition coefficient (Wildman–Crippen LogP) is 9.01. The van der Waals surface area contributed by atoms with Crippen LogP contribution >= 0.6 is 0 Å². The van der Waals surface area contributed by atoms with Gasteiger partial charge in [0, 0.05) is 23.7 Å². The van der Waals surface area contributed by atoms with Crippen LogP contribution < -0.4 is 15.9 Å². The lowest BCUT2D eigenvalue weighted by atomic mass is 10.0. The number of aromatic nitrogens is 1. The molecule has 230 valence electrons. The van der Waals surface area contributed by atoms with Gasteiger partial charge in [-0.1, -0.05) is 89.0 Å². The minimum Gasteiger partial charge on any atom is -0.294 e. The molecular formula is C41H35N5O. The second kappa shape index (κ2) is 12.1. The molecule has 1 aliphatic heterocycles. The van der Waals surface area contributed by atoms with Gasteiger partial charge in [0.1, 0.15) is 11.4 Å². The highest BCUT2D eigenvalue weighted by molar-refractivity contribution is 6.59. The Balaban J connectivity index is 1.70. The zero-order valence-corrected chi connectivity index (χ0v) is 27.2. The SMILES string of the molecule is Cc1ccc(N=C2C(=Nc3ccc(C)cc3)N(c3ccc(C)cc3)c3c2c2ccccc2c(=O)n(C)c3=Nc2ccc(C)cc2)cc1. The monoisotopic (exact) mass is 613 g/mol. The van der Waals surface area contributed by atoms with Crippen LogP contribution in [0.1, 0.15) is 27.8 Å². The average molecular weight is 614 g/mol. The van der Waals surface area contributed by atoms with Crippen molar-refractivity contribution < 1.29 is 0 Å². The summed E-state index contributed by atoms with van der Waals surface area (Å²) >= 11 is 0. The Labute approximate surface area is 274 Å². The van der Waals surface area contributed by atoms with Gasteiger partial charge in [0.25, 0.3) is 5.56 Å². The molecule has 47 heavy (non-hydrogen) atoms. The Morgan fingerprint density at radius 2 is 0.957 bits per heavy atom. The summed E-state index contributed by atoms with van der Waals surface area (Å²) in [7, 11) is 1.79. The van der Waals surface area contributed by atoms with Crippen molar-refractivity contribution in [1.29, 1.82) is 0 Å². The molecule has 5 aromatic carbocycles. The van der Waals surface area contributed by atoms with Gasteiger partial charge < -0.3 is 0 Å². The Kier molecular flexibility index (Phi) is 7.70. The van der Waals surface area contributed by atoms with Gasteiger partial charge >= 0.3 is 0 Å². The summed E-state index contributed by atoms with van der Waals surface area (Å²) < 4.78 is 1.65. The number of amidine groups is 1. The first kappa shape index (κ1) is 29.8. The molecule has 0 fully saturated rings. The van der Waals surface area contributed by atoms with Crippen LogP contribution in [0, 0.1) is 27.7 Å². The normalized spacial score (nSPS) is 14.7. The highest BCUT2D eigenvalue weighted by Gasteiger charge is 2.37. The quantitative estimate of drug-likeness (QED) is 0.199. The molecule has 6 heteroatoms. The molecule has 0 saturated carbocycles. The Bertz CT molecular complexity index is 2330. The van der Waals surface area contributed by atoms with E-state index in [0.29, 0.717) is 22.4 Å². The molecule has 2 heterocycles. The smallest absolute Gasteiger partial charge is 0.259 e. The summed E-state index contributed by atoms with van der Waals surface area (Å²) in [6.45, 7) is 8.25. The number of aryl methyl sites for hydroxylation is 4. The maximum Gasteiger partial charge on any atom is 0.259 e. The molecular weight excluding hydrogens is 578 g/mol. The number of hydrogen-bond donors (Lipinski definition) is 0. The van der Waals surface area contributed by atoms with Crippen molar-refractivity contribution in [2.24, 2.45) is 22.0 Å². The summed E-state index contributed by atoms with van der Waals surface area (Å²) in [5.74, 6) is 0.650. The molecule has 6 nitrogen and oxygen atoms in total. The first-order valence-electron chi connectivity index (χ1n) is 15.7. The summed E-state index contributed by atoms with van der Waals surface area (Å²) in [5.41, 5.74) is 10.4. The number of anilines is 2. The van der Waals surface area contributed by atoms with Gasteiger partial charge in [0.2, 0.25) is 0 Å². The fourth-order valence-corrected chi connectivity index (χ4v) is 5.85. The third-order valence-electron chi connectivity index (χ3n) is 8.49. The molecule has 0 radical (unpaired) electrons. The first-order valence-corrected chi connectivity index (χ1v) is 15.7. The first-order chi connectivity index (χ1) is 22.8. The van der Waals surface area contributed by atoms with Gasteiger partial charge in [0.15, 0.2) is 11.3 Å². The van der Waals surface area contributed by atoms with Crippen LogP contribution in [0.4, 0.5) is 28.4 Å². The number of benzene rings is 5. The summed E-state index contributed by atoms with van der Waals surface area (Å²) in [5, 5.41) is 1.36. The number of hydrogen-bond acceptors (Lipinski definition) is 4. The zero-order chi connectivity index (χ0) is 32.7. The van der Waals surface area contributed by atoms with Crippen molar-refractivity contribution >= 4 is 50.8 Å². The zero-order valence-electron chi connectivity index (χ0n) is 27.2. The van der Waals surface area contributed by atoms with E-state index in [1.807, 2.05) is 79.7 Å². The van der Waals surface area contributed by atoms with Crippen LogP contribution in [0.15, 0.2) is 141 Å². The fourth-order valence-electron chi connectivity index (χ4n) is 5.85. The van der Waals surface area contributed by atoms with Gasteiger partial charge in [-0.05, 0) is 87.7 Å². The summed E-state index contributed by atoms with van der Waals surface area (Å²) in [6, 6.07) is 40.4. The van der Waals surface area contributed by atoms with E-state index < -0.39 is 0 Å². The molecule has 0 unspecified atom stereocenters. The molecule has 7 rings (SSSR count). The van der Waals surface area contributed by atoms with Crippen LogP contribution in [0.5, 0.6) is 0 Å². The van der Waals surface area contributed by atoms with Crippen molar-refractivity contribution in [2.75, 3.05) is 4.90 Å². The Morgan fingerprint density at radius 3 is 1.49 bits per heavy atom. The lowest BCUT2D eigenvalue weighted by Crippen LogP contribution is -2.34. The lowest BCUT2D eigenvalue weighted by Gasteiger charge is -2.21. The third-order valence-corrected chi connectivity index (χ3v) is 8.49. The molecule has 1 aliphatic rings. The number of fused-ring (bicyclic) bond motifs is 3. The maximum absolute atomic E-state index is 14.2. The van der Waals surface area contributed by atoms with Crippen LogP contribution in [0.3, 0.4) is 0 Å². The van der Waals surface area contributed by atoms with E-state index in [1.165, 1.54) is 0 Å². The second-order valence-electron chi connectivity index (χ2n) is 12.1. The summed E-state index contributed by atoms with van der Waals surface area (Å²) in [4.78, 5) is 32.2. The molecule has 0 bridgehead atoms. The van der Waals surface area contributed by atoms with E-state index >= 15 is 0 Å². The Hall–Kier alpha value is -5.88. The minimum atomic E-state index is -0.142. The van der Waals surface area contributed by atoms with Gasteiger partial charge in [-0.3, -0.25) is 14.3 Å².